The van der Waals surface area contributed by atoms with E-state index in [0.29, 0.717) is 23.4 Å². The summed E-state index contributed by atoms with van der Waals surface area (Å²) in [4.78, 5) is 2.40. The standard InChI is InChI=1S/C16H20FNO2/c1-18-12-3-4-13(18)8-11(7-12)15-6-5-14(9-16(15)17)20-10-19-2/h5-7,9,12-13H,3-4,8,10H2,1-2H3. The minimum absolute atomic E-state index is 0.135. The lowest BCUT2D eigenvalue weighted by atomic mass is 9.94. The Labute approximate surface area is 119 Å². The van der Waals surface area contributed by atoms with Crippen molar-refractivity contribution in [1.29, 1.82) is 0 Å². The van der Waals surface area contributed by atoms with Crippen molar-refractivity contribution in [2.45, 2.75) is 31.3 Å². The van der Waals surface area contributed by atoms with Gasteiger partial charge in [-0.05, 0) is 44.0 Å². The van der Waals surface area contributed by atoms with E-state index in [9.17, 15) is 4.39 Å². The summed E-state index contributed by atoms with van der Waals surface area (Å²) < 4.78 is 24.3. The fourth-order valence-corrected chi connectivity index (χ4v) is 3.22. The zero-order valence-electron chi connectivity index (χ0n) is 11.9. The van der Waals surface area contributed by atoms with Crippen LogP contribution in [-0.4, -0.2) is 37.9 Å². The van der Waals surface area contributed by atoms with Crippen molar-refractivity contribution in [3.8, 4) is 5.75 Å². The Morgan fingerprint density at radius 1 is 1.35 bits per heavy atom. The fraction of sp³-hybridized carbons (Fsp3) is 0.500. The third-order valence-electron chi connectivity index (χ3n) is 4.37. The highest BCUT2D eigenvalue weighted by molar-refractivity contribution is 5.69. The second-order valence-electron chi connectivity index (χ2n) is 5.55. The van der Waals surface area contributed by atoms with Crippen LogP contribution in [0, 0.1) is 5.82 Å². The van der Waals surface area contributed by atoms with E-state index in [4.69, 9.17) is 9.47 Å². The lowest BCUT2D eigenvalue weighted by molar-refractivity contribution is 0.0509. The van der Waals surface area contributed by atoms with E-state index in [1.54, 1.807) is 13.2 Å². The van der Waals surface area contributed by atoms with E-state index >= 15 is 0 Å². The van der Waals surface area contributed by atoms with Crippen molar-refractivity contribution in [2.75, 3.05) is 21.0 Å². The predicted octanol–water partition coefficient (Wildman–Crippen LogP) is 3.06. The number of halogens is 1. The summed E-state index contributed by atoms with van der Waals surface area (Å²) in [5, 5.41) is 0. The lowest BCUT2D eigenvalue weighted by Gasteiger charge is -2.30. The van der Waals surface area contributed by atoms with Gasteiger partial charge in [0.05, 0.1) is 0 Å². The monoisotopic (exact) mass is 277 g/mol. The molecular weight excluding hydrogens is 257 g/mol. The van der Waals surface area contributed by atoms with Gasteiger partial charge in [-0.1, -0.05) is 6.08 Å². The van der Waals surface area contributed by atoms with Gasteiger partial charge in [-0.2, -0.15) is 0 Å². The molecule has 4 heteroatoms. The molecule has 2 aliphatic heterocycles. The number of benzene rings is 1. The van der Waals surface area contributed by atoms with Crippen molar-refractivity contribution >= 4 is 5.57 Å². The summed E-state index contributed by atoms with van der Waals surface area (Å²) in [5.74, 6) is 0.290. The second-order valence-corrected chi connectivity index (χ2v) is 5.55. The van der Waals surface area contributed by atoms with E-state index in [1.165, 1.54) is 18.9 Å². The molecule has 1 aromatic carbocycles. The maximum Gasteiger partial charge on any atom is 0.188 e. The summed E-state index contributed by atoms with van der Waals surface area (Å²) in [6.45, 7) is 0.135. The first-order valence-electron chi connectivity index (χ1n) is 7.03. The largest absolute Gasteiger partial charge is 0.467 e. The predicted molar refractivity (Wildman–Crippen MR) is 76.1 cm³/mol. The number of likely N-dealkylation sites (N-methyl/N-ethyl adjacent to an activating group) is 1. The first kappa shape index (κ1) is 13.6. The maximum atomic E-state index is 14.3. The number of fused-ring (bicyclic) bond motifs is 2. The van der Waals surface area contributed by atoms with Crippen LogP contribution in [0.4, 0.5) is 4.39 Å². The molecule has 0 amide bonds. The van der Waals surface area contributed by atoms with Crippen LogP contribution in [0.25, 0.3) is 5.57 Å². The quantitative estimate of drug-likeness (QED) is 0.790. The highest BCUT2D eigenvalue weighted by Gasteiger charge is 2.34. The van der Waals surface area contributed by atoms with Crippen molar-refractivity contribution in [3.63, 3.8) is 0 Å². The maximum absolute atomic E-state index is 14.3. The van der Waals surface area contributed by atoms with Crippen LogP contribution in [0.5, 0.6) is 5.75 Å². The molecule has 3 rings (SSSR count). The number of nitrogens with zero attached hydrogens (tertiary/aromatic N) is 1. The molecule has 0 aromatic heterocycles. The summed E-state index contributed by atoms with van der Waals surface area (Å²) in [5.41, 5.74) is 1.84. The topological polar surface area (TPSA) is 21.7 Å². The van der Waals surface area contributed by atoms with Gasteiger partial charge in [0.2, 0.25) is 0 Å². The SMILES string of the molecule is COCOc1ccc(C2=CC3CCC(C2)N3C)c(F)c1. The molecule has 0 N–H and O–H groups in total. The van der Waals surface area contributed by atoms with Gasteiger partial charge in [0.15, 0.2) is 6.79 Å². The summed E-state index contributed by atoms with van der Waals surface area (Å²) in [7, 11) is 3.71. The first-order valence-corrected chi connectivity index (χ1v) is 7.03. The van der Waals surface area contributed by atoms with Crippen LogP contribution in [-0.2, 0) is 4.74 Å². The second kappa shape index (κ2) is 5.54. The molecule has 2 atom stereocenters. The molecule has 2 bridgehead atoms. The summed E-state index contributed by atoms with van der Waals surface area (Å²) in [6.07, 6.45) is 5.54. The number of ether oxygens (including phenoxy) is 2. The van der Waals surface area contributed by atoms with Gasteiger partial charge in [0.25, 0.3) is 0 Å². The zero-order valence-corrected chi connectivity index (χ0v) is 11.9. The molecular formula is C16H20FNO2. The molecule has 0 saturated carbocycles. The Bertz CT molecular complexity index is 529. The Kier molecular flexibility index (Phi) is 3.76. The molecule has 0 radical (unpaired) electrons. The molecule has 0 spiro atoms. The fourth-order valence-electron chi connectivity index (χ4n) is 3.22. The van der Waals surface area contributed by atoms with Gasteiger partial charge in [0, 0.05) is 30.8 Å². The van der Waals surface area contributed by atoms with Crippen LogP contribution in [0.15, 0.2) is 24.3 Å². The normalized spacial score (nSPS) is 25.6. The van der Waals surface area contributed by atoms with E-state index in [2.05, 4.69) is 18.0 Å². The van der Waals surface area contributed by atoms with Gasteiger partial charge in [0.1, 0.15) is 11.6 Å². The molecule has 20 heavy (non-hydrogen) atoms. The molecule has 3 nitrogen and oxygen atoms in total. The first-order chi connectivity index (χ1) is 9.69. The Morgan fingerprint density at radius 2 is 2.20 bits per heavy atom. The summed E-state index contributed by atoms with van der Waals surface area (Å²) >= 11 is 0. The molecule has 1 aromatic rings. The van der Waals surface area contributed by atoms with Crippen molar-refractivity contribution in [2.24, 2.45) is 0 Å². The minimum Gasteiger partial charge on any atom is -0.467 e. The highest BCUT2D eigenvalue weighted by Crippen LogP contribution is 2.38. The molecule has 2 unspecified atom stereocenters. The Morgan fingerprint density at radius 3 is 2.90 bits per heavy atom. The van der Waals surface area contributed by atoms with Crippen LogP contribution in [0.3, 0.4) is 0 Å². The van der Waals surface area contributed by atoms with Crippen molar-refractivity contribution in [3.05, 3.63) is 35.7 Å². The average molecular weight is 277 g/mol. The third-order valence-corrected chi connectivity index (χ3v) is 4.37. The van der Waals surface area contributed by atoms with E-state index in [1.807, 2.05) is 6.07 Å². The molecule has 2 heterocycles. The van der Waals surface area contributed by atoms with Gasteiger partial charge in [-0.25, -0.2) is 4.39 Å². The van der Waals surface area contributed by atoms with Crippen LogP contribution >= 0.6 is 0 Å². The molecule has 1 fully saturated rings. The molecule has 2 aliphatic rings. The van der Waals surface area contributed by atoms with Gasteiger partial charge >= 0.3 is 0 Å². The smallest absolute Gasteiger partial charge is 0.188 e. The van der Waals surface area contributed by atoms with E-state index < -0.39 is 0 Å². The number of methoxy groups -OCH3 is 1. The van der Waals surface area contributed by atoms with Gasteiger partial charge < -0.3 is 9.47 Å². The van der Waals surface area contributed by atoms with E-state index in [0.717, 1.165) is 12.0 Å². The number of hydrogen-bond acceptors (Lipinski definition) is 3. The zero-order chi connectivity index (χ0) is 14.1. The van der Waals surface area contributed by atoms with E-state index in [-0.39, 0.29) is 12.6 Å². The highest BCUT2D eigenvalue weighted by atomic mass is 19.1. The molecule has 108 valence electrons. The lowest BCUT2D eigenvalue weighted by Crippen LogP contribution is -2.34. The van der Waals surface area contributed by atoms with Crippen LogP contribution in [0.1, 0.15) is 24.8 Å². The molecule has 1 saturated heterocycles. The van der Waals surface area contributed by atoms with Crippen LogP contribution in [0.2, 0.25) is 0 Å². The number of rotatable bonds is 4. The van der Waals surface area contributed by atoms with Gasteiger partial charge in [-0.3, -0.25) is 4.90 Å². The van der Waals surface area contributed by atoms with Crippen molar-refractivity contribution in [1.82, 2.24) is 4.90 Å². The average Bonchev–Trinajstić information content (AvgIpc) is 2.66. The minimum atomic E-state index is -0.214. The summed E-state index contributed by atoms with van der Waals surface area (Å²) in [6, 6.07) is 6.08. The van der Waals surface area contributed by atoms with Gasteiger partial charge in [-0.15, -0.1) is 0 Å². The Balaban J connectivity index is 1.82. The third kappa shape index (κ3) is 2.45. The Hall–Kier alpha value is -1.39. The van der Waals surface area contributed by atoms with Crippen LogP contribution < -0.4 is 4.74 Å². The van der Waals surface area contributed by atoms with Crippen molar-refractivity contribution < 1.29 is 13.9 Å². The number of hydrogen-bond donors (Lipinski definition) is 0. The molecule has 0 aliphatic carbocycles.